The zero-order valence-electron chi connectivity index (χ0n) is 13.7. The van der Waals surface area contributed by atoms with E-state index in [1.807, 2.05) is 6.92 Å². The summed E-state index contributed by atoms with van der Waals surface area (Å²) in [6, 6.07) is 11.3. The molecule has 0 fully saturated rings. The SMILES string of the molecule is CCOc1cc(C=C(C#N)c2cccc([N+](=O)[O-])c2)cc(Cl)c1OC. The normalized spacial score (nSPS) is 10.9. The highest BCUT2D eigenvalue weighted by molar-refractivity contribution is 6.32. The van der Waals surface area contributed by atoms with Crippen molar-refractivity contribution in [1.82, 2.24) is 0 Å². The smallest absolute Gasteiger partial charge is 0.270 e. The molecule has 0 aromatic heterocycles. The molecule has 6 nitrogen and oxygen atoms in total. The van der Waals surface area contributed by atoms with Crippen LogP contribution in [0.3, 0.4) is 0 Å². The van der Waals surface area contributed by atoms with Crippen molar-refractivity contribution in [2.24, 2.45) is 0 Å². The molecule has 0 aliphatic heterocycles. The van der Waals surface area contributed by atoms with Crippen LogP contribution in [0.25, 0.3) is 11.6 Å². The molecular formula is C18H15ClN2O4. The van der Waals surface area contributed by atoms with Gasteiger partial charge in [0.1, 0.15) is 0 Å². The van der Waals surface area contributed by atoms with E-state index in [9.17, 15) is 15.4 Å². The zero-order valence-corrected chi connectivity index (χ0v) is 14.4. The van der Waals surface area contributed by atoms with Crippen LogP contribution in [0.15, 0.2) is 36.4 Å². The largest absolute Gasteiger partial charge is 0.491 e. The summed E-state index contributed by atoms with van der Waals surface area (Å²) in [5, 5.41) is 20.7. The zero-order chi connectivity index (χ0) is 18.4. The van der Waals surface area contributed by atoms with Gasteiger partial charge in [-0.1, -0.05) is 23.7 Å². The molecule has 0 saturated heterocycles. The van der Waals surface area contributed by atoms with Crippen LogP contribution < -0.4 is 9.47 Å². The van der Waals surface area contributed by atoms with E-state index in [1.54, 1.807) is 24.3 Å². The van der Waals surface area contributed by atoms with E-state index >= 15 is 0 Å². The lowest BCUT2D eigenvalue weighted by Gasteiger charge is -2.12. The third kappa shape index (κ3) is 4.28. The second-order valence-electron chi connectivity index (χ2n) is 4.94. The fraction of sp³-hybridized carbons (Fsp3) is 0.167. The number of ether oxygens (including phenoxy) is 2. The highest BCUT2D eigenvalue weighted by Crippen LogP contribution is 2.37. The molecule has 0 radical (unpaired) electrons. The number of non-ortho nitro benzene ring substituents is 1. The summed E-state index contributed by atoms with van der Waals surface area (Å²) in [6.07, 6.45) is 1.59. The molecule has 0 amide bonds. The molecule has 0 heterocycles. The third-order valence-corrected chi connectivity index (χ3v) is 3.62. The number of methoxy groups -OCH3 is 1. The third-order valence-electron chi connectivity index (χ3n) is 3.34. The fourth-order valence-corrected chi connectivity index (χ4v) is 2.56. The Morgan fingerprint density at radius 2 is 2.16 bits per heavy atom. The van der Waals surface area contributed by atoms with Crippen molar-refractivity contribution in [3.05, 3.63) is 62.7 Å². The molecule has 7 heteroatoms. The molecular weight excluding hydrogens is 344 g/mol. The maximum atomic E-state index is 10.9. The first-order chi connectivity index (χ1) is 12.0. The quantitative estimate of drug-likeness (QED) is 0.323. The van der Waals surface area contributed by atoms with E-state index < -0.39 is 4.92 Å². The Labute approximate surface area is 150 Å². The van der Waals surface area contributed by atoms with Crippen LogP contribution in [0, 0.1) is 21.4 Å². The topological polar surface area (TPSA) is 85.4 Å². The monoisotopic (exact) mass is 358 g/mol. The van der Waals surface area contributed by atoms with Gasteiger partial charge in [-0.2, -0.15) is 5.26 Å². The van der Waals surface area contributed by atoms with Crippen molar-refractivity contribution in [2.75, 3.05) is 13.7 Å². The molecule has 25 heavy (non-hydrogen) atoms. The van der Waals surface area contributed by atoms with Crippen LogP contribution in [0.4, 0.5) is 5.69 Å². The molecule has 128 valence electrons. The van der Waals surface area contributed by atoms with Crippen LogP contribution in [-0.4, -0.2) is 18.6 Å². The minimum atomic E-state index is -0.504. The molecule has 0 aliphatic carbocycles. The minimum absolute atomic E-state index is 0.0820. The Morgan fingerprint density at radius 3 is 2.76 bits per heavy atom. The number of halogens is 1. The summed E-state index contributed by atoms with van der Waals surface area (Å²) in [5.41, 5.74) is 1.26. The first-order valence-electron chi connectivity index (χ1n) is 7.37. The summed E-state index contributed by atoms with van der Waals surface area (Å²) >= 11 is 6.20. The van der Waals surface area contributed by atoms with E-state index in [0.717, 1.165) is 0 Å². The molecule has 0 aliphatic rings. The molecule has 2 aromatic carbocycles. The van der Waals surface area contributed by atoms with Gasteiger partial charge >= 0.3 is 0 Å². The number of rotatable bonds is 6. The number of allylic oxidation sites excluding steroid dienone is 1. The minimum Gasteiger partial charge on any atom is -0.491 e. The van der Waals surface area contributed by atoms with E-state index in [0.29, 0.717) is 34.3 Å². The molecule has 0 spiro atoms. The van der Waals surface area contributed by atoms with Crippen molar-refractivity contribution < 1.29 is 14.4 Å². The van der Waals surface area contributed by atoms with Crippen molar-refractivity contribution in [1.29, 1.82) is 5.26 Å². The average molecular weight is 359 g/mol. The van der Waals surface area contributed by atoms with E-state index in [4.69, 9.17) is 21.1 Å². The van der Waals surface area contributed by atoms with Crippen molar-refractivity contribution >= 4 is 28.9 Å². The van der Waals surface area contributed by atoms with Crippen molar-refractivity contribution in [3.8, 4) is 17.6 Å². The number of hydrogen-bond donors (Lipinski definition) is 0. The lowest BCUT2D eigenvalue weighted by molar-refractivity contribution is -0.384. The maximum absolute atomic E-state index is 10.9. The Kier molecular flexibility index (Phi) is 5.98. The van der Waals surface area contributed by atoms with Crippen LogP contribution in [0.2, 0.25) is 5.02 Å². The number of nitro groups is 1. The molecule has 0 N–H and O–H groups in total. The first-order valence-corrected chi connectivity index (χ1v) is 7.75. The van der Waals surface area contributed by atoms with Gasteiger partial charge in [-0.3, -0.25) is 10.1 Å². The Morgan fingerprint density at radius 1 is 1.40 bits per heavy atom. The summed E-state index contributed by atoms with van der Waals surface area (Å²) in [4.78, 5) is 10.4. The molecule has 0 atom stereocenters. The number of hydrogen-bond acceptors (Lipinski definition) is 5. The van der Waals surface area contributed by atoms with Crippen LogP contribution in [0.1, 0.15) is 18.1 Å². The summed E-state index contributed by atoms with van der Waals surface area (Å²) in [7, 11) is 1.49. The van der Waals surface area contributed by atoms with Gasteiger partial charge in [-0.15, -0.1) is 0 Å². The molecule has 0 saturated carbocycles. The maximum Gasteiger partial charge on any atom is 0.270 e. The average Bonchev–Trinajstić information content (AvgIpc) is 2.60. The number of nitro benzene ring substituents is 1. The van der Waals surface area contributed by atoms with E-state index in [1.165, 1.54) is 25.3 Å². The Hall–Kier alpha value is -3.04. The summed E-state index contributed by atoms with van der Waals surface area (Å²) in [6.45, 7) is 2.26. The Bertz CT molecular complexity index is 872. The standard InChI is InChI=1S/C18H15ClN2O4/c1-3-25-17-9-12(8-16(19)18(17)24-2)7-14(11-20)13-5-4-6-15(10-13)21(22)23/h4-10H,3H2,1-2H3. The van der Waals surface area contributed by atoms with Gasteiger partial charge < -0.3 is 9.47 Å². The Balaban J connectivity index is 2.51. The van der Waals surface area contributed by atoms with Crippen molar-refractivity contribution in [3.63, 3.8) is 0 Å². The van der Waals surface area contributed by atoms with Gasteiger partial charge in [0.25, 0.3) is 5.69 Å². The lowest BCUT2D eigenvalue weighted by Crippen LogP contribution is -1.96. The van der Waals surface area contributed by atoms with Crippen LogP contribution >= 0.6 is 11.6 Å². The molecule has 2 rings (SSSR count). The molecule has 2 aromatic rings. The second-order valence-corrected chi connectivity index (χ2v) is 5.35. The molecule has 0 unspecified atom stereocenters. The van der Waals surface area contributed by atoms with Gasteiger partial charge in [0.2, 0.25) is 0 Å². The summed E-state index contributed by atoms with van der Waals surface area (Å²) in [5.74, 6) is 0.870. The number of nitrogens with zero attached hydrogens (tertiary/aromatic N) is 2. The number of benzene rings is 2. The second kappa shape index (κ2) is 8.18. The van der Waals surface area contributed by atoms with E-state index in [2.05, 4.69) is 6.07 Å². The highest BCUT2D eigenvalue weighted by Gasteiger charge is 2.13. The van der Waals surface area contributed by atoms with Gasteiger partial charge in [0.15, 0.2) is 11.5 Å². The van der Waals surface area contributed by atoms with Gasteiger partial charge in [-0.05, 0) is 36.3 Å². The van der Waals surface area contributed by atoms with Crippen molar-refractivity contribution in [2.45, 2.75) is 6.92 Å². The van der Waals surface area contributed by atoms with E-state index in [-0.39, 0.29) is 11.3 Å². The summed E-state index contributed by atoms with van der Waals surface area (Å²) < 4.78 is 10.7. The van der Waals surface area contributed by atoms with Gasteiger partial charge in [-0.25, -0.2) is 0 Å². The predicted molar refractivity (Wildman–Crippen MR) is 95.8 cm³/mol. The predicted octanol–water partition coefficient (Wildman–Crippen LogP) is 4.72. The van der Waals surface area contributed by atoms with Crippen LogP contribution in [0.5, 0.6) is 11.5 Å². The first kappa shape index (κ1) is 18.3. The molecule has 0 bridgehead atoms. The van der Waals surface area contributed by atoms with Gasteiger partial charge in [0.05, 0.1) is 35.3 Å². The van der Waals surface area contributed by atoms with Crippen LogP contribution in [-0.2, 0) is 0 Å². The lowest BCUT2D eigenvalue weighted by atomic mass is 10.0. The highest BCUT2D eigenvalue weighted by atomic mass is 35.5. The fourth-order valence-electron chi connectivity index (χ4n) is 2.27. The number of nitriles is 1. The van der Waals surface area contributed by atoms with Gasteiger partial charge in [0, 0.05) is 12.1 Å².